The molecule has 0 spiro atoms. The summed E-state index contributed by atoms with van der Waals surface area (Å²) in [6.07, 6.45) is 16.5. The molecule has 31 heavy (non-hydrogen) atoms. The van der Waals surface area contributed by atoms with Crippen LogP contribution >= 0.6 is 11.6 Å². The summed E-state index contributed by atoms with van der Waals surface area (Å²) >= 11 is 6.31. The zero-order valence-corrected chi connectivity index (χ0v) is 20.1. The fourth-order valence-electron chi connectivity index (χ4n) is 4.08. The van der Waals surface area contributed by atoms with E-state index in [1.54, 1.807) is 4.31 Å². The van der Waals surface area contributed by atoms with E-state index in [4.69, 9.17) is 16.7 Å². The molecule has 1 aromatic carbocycles. The van der Waals surface area contributed by atoms with Crippen LogP contribution in [0.2, 0.25) is 5.02 Å². The lowest BCUT2D eigenvalue weighted by molar-refractivity contribution is 0.257. The van der Waals surface area contributed by atoms with Gasteiger partial charge in [-0.15, -0.1) is 0 Å². The van der Waals surface area contributed by atoms with Gasteiger partial charge in [-0.3, -0.25) is 0 Å². The fourth-order valence-corrected chi connectivity index (χ4v) is 5.14. The molecule has 0 radical (unpaired) electrons. The number of halogens is 1. The predicted molar refractivity (Wildman–Crippen MR) is 132 cm³/mol. The van der Waals surface area contributed by atoms with E-state index < -0.39 is 10.0 Å². The summed E-state index contributed by atoms with van der Waals surface area (Å²) in [4.78, 5) is 0. The zero-order chi connectivity index (χ0) is 22.9. The maximum Gasteiger partial charge on any atom is 0.211 e. The summed E-state index contributed by atoms with van der Waals surface area (Å²) in [5.74, 6) is 0.351. The molecule has 1 fully saturated rings. The zero-order valence-electron chi connectivity index (χ0n) is 18.5. The normalized spacial score (nSPS) is 17.8. The maximum absolute atomic E-state index is 12.0. The summed E-state index contributed by atoms with van der Waals surface area (Å²) in [5, 5.41) is 9.72. The summed E-state index contributed by atoms with van der Waals surface area (Å²) in [6.45, 7) is 7.57. The minimum atomic E-state index is -3.17. The highest BCUT2D eigenvalue weighted by atomic mass is 35.5. The first-order valence-corrected chi connectivity index (χ1v) is 13.0. The third-order valence-corrected chi connectivity index (χ3v) is 7.20. The van der Waals surface area contributed by atoms with Crippen LogP contribution < -0.4 is 0 Å². The van der Waals surface area contributed by atoms with Crippen molar-refractivity contribution in [2.45, 2.75) is 38.5 Å². The molecular weight excluding hydrogens is 430 g/mol. The number of piperidine rings is 1. The Kier molecular flexibility index (Phi) is 10.2. The van der Waals surface area contributed by atoms with Gasteiger partial charge in [0.15, 0.2) is 0 Å². The predicted octanol–water partition coefficient (Wildman–Crippen LogP) is 5.57. The number of allylic oxidation sites excluding steroid dienone is 6. The second-order valence-electron chi connectivity index (χ2n) is 7.98. The SMILES string of the molecule is C=C(/C=C\C=C/C)C(c1ccc(Cl)cc1/C=C/CCCO)C1CCN(S(C)(=O)=O)CC1. The largest absolute Gasteiger partial charge is 0.396 e. The Hall–Kier alpha value is -1.66. The number of nitrogens with zero attached hydrogens (tertiary/aromatic N) is 1. The molecule has 0 saturated carbocycles. The van der Waals surface area contributed by atoms with Crippen LogP contribution in [0.15, 0.2) is 60.7 Å². The van der Waals surface area contributed by atoms with Crippen molar-refractivity contribution in [1.29, 1.82) is 0 Å². The van der Waals surface area contributed by atoms with Crippen LogP contribution in [-0.2, 0) is 10.0 Å². The van der Waals surface area contributed by atoms with E-state index in [-0.39, 0.29) is 18.4 Å². The van der Waals surface area contributed by atoms with E-state index in [0.717, 1.165) is 42.4 Å². The summed E-state index contributed by atoms with van der Waals surface area (Å²) in [5.41, 5.74) is 3.20. The van der Waals surface area contributed by atoms with E-state index in [1.165, 1.54) is 6.26 Å². The third-order valence-electron chi connectivity index (χ3n) is 5.66. The average Bonchev–Trinajstić information content (AvgIpc) is 2.73. The number of sulfonamides is 1. The second kappa shape index (κ2) is 12.4. The Labute approximate surface area is 192 Å². The number of hydrogen-bond acceptors (Lipinski definition) is 3. The molecule has 6 heteroatoms. The minimum Gasteiger partial charge on any atom is -0.396 e. The van der Waals surface area contributed by atoms with E-state index in [0.29, 0.717) is 18.1 Å². The van der Waals surface area contributed by atoms with Crippen molar-refractivity contribution in [2.75, 3.05) is 26.0 Å². The summed E-state index contributed by atoms with van der Waals surface area (Å²) in [7, 11) is -3.17. The van der Waals surface area contributed by atoms with Gasteiger partial charge in [-0.05, 0) is 67.4 Å². The Bertz CT molecular complexity index is 926. The molecule has 1 aliphatic rings. The van der Waals surface area contributed by atoms with Gasteiger partial charge in [0.1, 0.15) is 0 Å². The van der Waals surface area contributed by atoms with Gasteiger partial charge >= 0.3 is 0 Å². The third kappa shape index (κ3) is 7.76. The van der Waals surface area contributed by atoms with Crippen LogP contribution in [-0.4, -0.2) is 43.8 Å². The van der Waals surface area contributed by atoms with E-state index in [1.807, 2.05) is 43.4 Å². The first-order chi connectivity index (χ1) is 14.8. The molecule has 0 bridgehead atoms. The van der Waals surface area contributed by atoms with Crippen LogP contribution in [0.3, 0.4) is 0 Å². The van der Waals surface area contributed by atoms with E-state index in [9.17, 15) is 8.42 Å². The quantitative estimate of drug-likeness (QED) is 0.364. The molecule has 0 amide bonds. The highest BCUT2D eigenvalue weighted by Crippen LogP contribution is 2.41. The van der Waals surface area contributed by atoms with Gasteiger partial charge in [0.2, 0.25) is 10.0 Å². The van der Waals surface area contributed by atoms with Gasteiger partial charge in [0.05, 0.1) is 6.26 Å². The molecule has 0 aromatic heterocycles. The van der Waals surface area contributed by atoms with Gasteiger partial charge in [-0.25, -0.2) is 12.7 Å². The van der Waals surface area contributed by atoms with Gasteiger partial charge in [0, 0.05) is 30.6 Å². The highest BCUT2D eigenvalue weighted by Gasteiger charge is 2.32. The Morgan fingerprint density at radius 3 is 2.65 bits per heavy atom. The molecule has 2 rings (SSSR count). The monoisotopic (exact) mass is 463 g/mol. The molecule has 1 N–H and O–H groups in total. The standard InChI is InChI=1S/C25H34ClNO3S/c1-4-5-7-10-20(2)25(21-14-16-27(17-15-21)31(3,29)30)24-13-12-23(26)19-22(24)11-8-6-9-18-28/h4-5,7-8,10-13,19,21,25,28H,2,6,9,14-18H2,1,3H3/b5-4-,10-7-,11-8+. The highest BCUT2D eigenvalue weighted by molar-refractivity contribution is 7.88. The van der Waals surface area contributed by atoms with Crippen molar-refractivity contribution >= 4 is 27.7 Å². The average molecular weight is 464 g/mol. The Morgan fingerprint density at radius 1 is 1.32 bits per heavy atom. The van der Waals surface area contributed by atoms with E-state index >= 15 is 0 Å². The Balaban J connectivity index is 2.39. The molecule has 0 aliphatic carbocycles. The van der Waals surface area contributed by atoms with Crippen LogP contribution in [0.4, 0.5) is 0 Å². The lowest BCUT2D eigenvalue weighted by Crippen LogP contribution is -2.39. The summed E-state index contributed by atoms with van der Waals surface area (Å²) in [6, 6.07) is 5.94. The first kappa shape index (κ1) is 25.6. The molecule has 1 heterocycles. The molecule has 1 atom stereocenters. The number of benzene rings is 1. The van der Waals surface area contributed by atoms with E-state index in [2.05, 4.69) is 24.8 Å². The number of rotatable bonds is 10. The van der Waals surface area contributed by atoms with Crippen LogP contribution in [0.5, 0.6) is 0 Å². The molecular formula is C25H34ClNO3S. The van der Waals surface area contributed by atoms with Crippen molar-refractivity contribution in [2.24, 2.45) is 5.92 Å². The van der Waals surface area contributed by atoms with Crippen molar-refractivity contribution in [3.8, 4) is 0 Å². The topological polar surface area (TPSA) is 57.6 Å². The molecule has 1 aromatic rings. The van der Waals surface area contributed by atoms with Crippen LogP contribution in [0.25, 0.3) is 6.08 Å². The lowest BCUT2D eigenvalue weighted by atomic mass is 9.75. The van der Waals surface area contributed by atoms with Crippen molar-refractivity contribution in [1.82, 2.24) is 4.31 Å². The van der Waals surface area contributed by atoms with Crippen molar-refractivity contribution < 1.29 is 13.5 Å². The molecule has 1 unspecified atom stereocenters. The number of unbranched alkanes of at least 4 members (excludes halogenated alkanes) is 1. The molecule has 170 valence electrons. The smallest absolute Gasteiger partial charge is 0.211 e. The minimum absolute atomic E-state index is 0.0676. The second-order valence-corrected chi connectivity index (χ2v) is 10.4. The van der Waals surface area contributed by atoms with Crippen molar-refractivity contribution in [3.05, 3.63) is 76.9 Å². The summed E-state index contributed by atoms with van der Waals surface area (Å²) < 4.78 is 25.5. The number of aliphatic hydroxyl groups excluding tert-OH is 1. The van der Waals surface area contributed by atoms with Crippen LogP contribution in [0.1, 0.15) is 49.7 Å². The van der Waals surface area contributed by atoms with Gasteiger partial charge in [0.25, 0.3) is 0 Å². The molecule has 4 nitrogen and oxygen atoms in total. The van der Waals surface area contributed by atoms with Gasteiger partial charge in [-0.2, -0.15) is 0 Å². The number of hydrogen-bond donors (Lipinski definition) is 1. The fraction of sp³-hybridized carbons (Fsp3) is 0.440. The lowest BCUT2D eigenvalue weighted by Gasteiger charge is -2.36. The molecule has 1 saturated heterocycles. The van der Waals surface area contributed by atoms with Gasteiger partial charge in [-0.1, -0.05) is 60.7 Å². The maximum atomic E-state index is 12.0. The van der Waals surface area contributed by atoms with Crippen molar-refractivity contribution in [3.63, 3.8) is 0 Å². The molecule has 1 aliphatic heterocycles. The number of aliphatic hydroxyl groups is 1. The first-order valence-electron chi connectivity index (χ1n) is 10.8. The Morgan fingerprint density at radius 2 is 2.03 bits per heavy atom. The van der Waals surface area contributed by atoms with Gasteiger partial charge < -0.3 is 5.11 Å². The van der Waals surface area contributed by atoms with Crippen LogP contribution in [0, 0.1) is 5.92 Å².